The lowest BCUT2D eigenvalue weighted by Crippen LogP contribution is -2.13. The molecule has 104 valence electrons. The zero-order valence-corrected chi connectivity index (χ0v) is 11.5. The van der Waals surface area contributed by atoms with E-state index in [1.54, 1.807) is 7.11 Å². The zero-order valence-electron chi connectivity index (χ0n) is 11.5. The lowest BCUT2D eigenvalue weighted by Gasteiger charge is -2.05. The molecule has 0 unspecified atom stereocenters. The summed E-state index contributed by atoms with van der Waals surface area (Å²) in [4.78, 5) is 0. The molecule has 0 amide bonds. The third-order valence-corrected chi connectivity index (χ3v) is 2.45. The summed E-state index contributed by atoms with van der Waals surface area (Å²) in [5.41, 5.74) is 0. The maximum atomic E-state index is 5.46. The van der Waals surface area contributed by atoms with Gasteiger partial charge in [-0.25, -0.2) is 0 Å². The largest absolute Gasteiger partial charge is 0.382 e. The average molecular weight is 247 g/mol. The van der Waals surface area contributed by atoms with Gasteiger partial charge in [-0.05, 0) is 25.9 Å². The first kappa shape index (κ1) is 16.8. The van der Waals surface area contributed by atoms with Gasteiger partial charge in [-0.3, -0.25) is 0 Å². The van der Waals surface area contributed by atoms with E-state index >= 15 is 0 Å². The van der Waals surface area contributed by atoms with Gasteiger partial charge in [0.2, 0.25) is 0 Å². The summed E-state index contributed by atoms with van der Waals surface area (Å²) in [5.74, 6) is 0. The van der Waals surface area contributed by atoms with Crippen LogP contribution in [0.15, 0.2) is 0 Å². The summed E-state index contributed by atoms with van der Waals surface area (Å²) in [5, 5.41) is 3.33. The molecule has 0 atom stereocenters. The normalized spacial score (nSPS) is 10.9. The van der Waals surface area contributed by atoms with Gasteiger partial charge in [-0.1, -0.05) is 19.8 Å². The Bertz CT molecular complexity index is 120. The second-order valence-electron chi connectivity index (χ2n) is 3.99. The van der Waals surface area contributed by atoms with Crippen molar-refractivity contribution >= 4 is 0 Å². The molecular weight excluding hydrogens is 218 g/mol. The molecule has 0 rings (SSSR count). The van der Waals surface area contributed by atoms with Crippen LogP contribution in [0.25, 0.3) is 0 Å². The maximum absolute atomic E-state index is 5.46. The van der Waals surface area contributed by atoms with Crippen LogP contribution in [0, 0.1) is 0 Å². The Morgan fingerprint density at radius 2 is 1.41 bits per heavy atom. The van der Waals surface area contributed by atoms with E-state index in [0.29, 0.717) is 26.4 Å². The highest BCUT2D eigenvalue weighted by molar-refractivity contribution is 4.46. The summed E-state index contributed by atoms with van der Waals surface area (Å²) >= 11 is 0. The molecule has 0 aromatic heterocycles. The molecule has 0 fully saturated rings. The molecule has 0 saturated carbocycles. The van der Waals surface area contributed by atoms with Gasteiger partial charge in [-0.15, -0.1) is 0 Å². The number of nitrogens with one attached hydrogen (secondary N) is 1. The van der Waals surface area contributed by atoms with Gasteiger partial charge < -0.3 is 19.5 Å². The molecule has 0 aromatic rings. The molecule has 4 nitrogen and oxygen atoms in total. The summed E-state index contributed by atoms with van der Waals surface area (Å²) in [6.45, 7) is 7.90. The smallest absolute Gasteiger partial charge is 0.0701 e. The van der Waals surface area contributed by atoms with Gasteiger partial charge in [0.05, 0.1) is 26.4 Å². The molecule has 0 aromatic carbocycles. The lowest BCUT2D eigenvalue weighted by atomic mass is 10.2. The summed E-state index contributed by atoms with van der Waals surface area (Å²) in [7, 11) is 1.68. The van der Waals surface area contributed by atoms with E-state index in [1.807, 2.05) is 0 Å². The number of unbranched alkanes of at least 4 members (excludes halogenated alkanes) is 3. The number of rotatable bonds is 14. The van der Waals surface area contributed by atoms with Crippen molar-refractivity contribution in [2.24, 2.45) is 0 Å². The van der Waals surface area contributed by atoms with E-state index in [0.717, 1.165) is 26.1 Å². The highest BCUT2D eigenvalue weighted by atomic mass is 16.5. The van der Waals surface area contributed by atoms with Crippen LogP contribution in [-0.4, -0.2) is 53.2 Å². The SMILES string of the molecule is CCNCCCCCCOCCOCCOC. The van der Waals surface area contributed by atoms with Crippen LogP contribution in [0.5, 0.6) is 0 Å². The quantitative estimate of drug-likeness (QED) is 0.475. The van der Waals surface area contributed by atoms with Crippen molar-refractivity contribution in [3.8, 4) is 0 Å². The molecular formula is C13H29NO3. The second-order valence-corrected chi connectivity index (χ2v) is 3.99. The predicted octanol–water partition coefficient (Wildman–Crippen LogP) is 1.84. The molecule has 0 radical (unpaired) electrons. The van der Waals surface area contributed by atoms with Crippen molar-refractivity contribution < 1.29 is 14.2 Å². The van der Waals surface area contributed by atoms with Gasteiger partial charge in [0.1, 0.15) is 0 Å². The Kier molecular flexibility index (Phi) is 15.7. The molecule has 17 heavy (non-hydrogen) atoms. The van der Waals surface area contributed by atoms with Gasteiger partial charge in [0, 0.05) is 13.7 Å². The Morgan fingerprint density at radius 1 is 0.765 bits per heavy atom. The third-order valence-electron chi connectivity index (χ3n) is 2.45. The molecule has 0 spiro atoms. The fraction of sp³-hybridized carbons (Fsp3) is 1.00. The summed E-state index contributed by atoms with van der Waals surface area (Å²) in [6, 6.07) is 0. The second kappa shape index (κ2) is 15.8. The molecule has 0 heterocycles. The Hall–Kier alpha value is -0.160. The molecule has 4 heteroatoms. The number of ether oxygens (including phenoxy) is 3. The summed E-state index contributed by atoms with van der Waals surface area (Å²) < 4.78 is 15.6. The van der Waals surface area contributed by atoms with Crippen LogP contribution in [0.4, 0.5) is 0 Å². The predicted molar refractivity (Wildman–Crippen MR) is 70.5 cm³/mol. The van der Waals surface area contributed by atoms with Crippen molar-refractivity contribution in [2.45, 2.75) is 32.6 Å². The van der Waals surface area contributed by atoms with Crippen molar-refractivity contribution in [3.05, 3.63) is 0 Å². The molecule has 0 bridgehead atoms. The van der Waals surface area contributed by atoms with Crippen LogP contribution in [0.2, 0.25) is 0 Å². The fourth-order valence-electron chi connectivity index (χ4n) is 1.45. The van der Waals surface area contributed by atoms with E-state index in [-0.39, 0.29) is 0 Å². The molecule has 0 aliphatic heterocycles. The number of hydrogen-bond acceptors (Lipinski definition) is 4. The monoisotopic (exact) mass is 247 g/mol. The highest BCUT2D eigenvalue weighted by Crippen LogP contribution is 1.99. The van der Waals surface area contributed by atoms with Crippen molar-refractivity contribution in [2.75, 3.05) is 53.2 Å². The fourth-order valence-corrected chi connectivity index (χ4v) is 1.45. The maximum Gasteiger partial charge on any atom is 0.0701 e. The van der Waals surface area contributed by atoms with E-state index in [9.17, 15) is 0 Å². The average Bonchev–Trinajstić information content (AvgIpc) is 2.35. The van der Waals surface area contributed by atoms with Gasteiger partial charge in [0.15, 0.2) is 0 Å². The van der Waals surface area contributed by atoms with E-state index < -0.39 is 0 Å². The van der Waals surface area contributed by atoms with Crippen LogP contribution in [0.1, 0.15) is 32.6 Å². The Morgan fingerprint density at radius 3 is 2.12 bits per heavy atom. The van der Waals surface area contributed by atoms with E-state index in [4.69, 9.17) is 14.2 Å². The van der Waals surface area contributed by atoms with Gasteiger partial charge >= 0.3 is 0 Å². The van der Waals surface area contributed by atoms with Crippen LogP contribution in [-0.2, 0) is 14.2 Å². The van der Waals surface area contributed by atoms with E-state index in [1.165, 1.54) is 19.3 Å². The first-order valence-corrected chi connectivity index (χ1v) is 6.77. The third kappa shape index (κ3) is 15.8. The van der Waals surface area contributed by atoms with Crippen LogP contribution < -0.4 is 5.32 Å². The highest BCUT2D eigenvalue weighted by Gasteiger charge is 1.92. The molecule has 1 N–H and O–H groups in total. The lowest BCUT2D eigenvalue weighted by molar-refractivity contribution is 0.0239. The van der Waals surface area contributed by atoms with Crippen LogP contribution >= 0.6 is 0 Å². The van der Waals surface area contributed by atoms with Gasteiger partial charge in [0.25, 0.3) is 0 Å². The van der Waals surface area contributed by atoms with Crippen molar-refractivity contribution in [3.63, 3.8) is 0 Å². The van der Waals surface area contributed by atoms with E-state index in [2.05, 4.69) is 12.2 Å². The Balaban J connectivity index is 2.85. The minimum Gasteiger partial charge on any atom is -0.382 e. The minimum absolute atomic E-state index is 0.657. The first-order chi connectivity index (χ1) is 8.41. The first-order valence-electron chi connectivity index (χ1n) is 6.77. The number of methoxy groups -OCH3 is 1. The minimum atomic E-state index is 0.657. The molecule has 0 saturated heterocycles. The molecule has 0 aliphatic carbocycles. The number of hydrogen-bond donors (Lipinski definition) is 1. The van der Waals surface area contributed by atoms with Gasteiger partial charge in [-0.2, -0.15) is 0 Å². The summed E-state index contributed by atoms with van der Waals surface area (Å²) in [6.07, 6.45) is 4.98. The zero-order chi connectivity index (χ0) is 12.6. The standard InChI is InChI=1S/C13H29NO3/c1-3-14-8-6-4-5-7-9-16-12-13-17-11-10-15-2/h14H,3-13H2,1-2H3. The Labute approximate surface area is 106 Å². The van der Waals surface area contributed by atoms with Crippen molar-refractivity contribution in [1.29, 1.82) is 0 Å². The topological polar surface area (TPSA) is 39.7 Å². The van der Waals surface area contributed by atoms with Crippen LogP contribution in [0.3, 0.4) is 0 Å². The van der Waals surface area contributed by atoms with Crippen molar-refractivity contribution in [1.82, 2.24) is 5.32 Å². The molecule has 0 aliphatic rings.